The van der Waals surface area contributed by atoms with E-state index in [0.717, 1.165) is 23.5 Å². The van der Waals surface area contributed by atoms with Gasteiger partial charge in [0.15, 0.2) is 0 Å². The Bertz CT molecular complexity index is 470. The smallest absolute Gasteiger partial charge is 0.147 e. The molecule has 0 aromatic heterocycles. The molecule has 0 saturated heterocycles. The van der Waals surface area contributed by atoms with Gasteiger partial charge in [0.1, 0.15) is 0 Å². The van der Waals surface area contributed by atoms with E-state index < -0.39 is 0 Å². The van der Waals surface area contributed by atoms with Gasteiger partial charge in [-0.1, -0.05) is 0 Å². The van der Waals surface area contributed by atoms with E-state index in [0.29, 0.717) is 0 Å². The summed E-state index contributed by atoms with van der Waals surface area (Å²) in [5.74, 6) is 1.68. The van der Waals surface area contributed by atoms with Gasteiger partial charge in [-0.25, -0.2) is 0 Å². The average Bonchev–Trinajstić information content (AvgIpc) is 2.74. The fraction of sp³-hybridized carbons (Fsp3) is 0.231. The summed E-state index contributed by atoms with van der Waals surface area (Å²) in [5.41, 5.74) is 2.40. The van der Waals surface area contributed by atoms with Gasteiger partial charge in [-0.3, -0.25) is 0 Å². The topological polar surface area (TPSA) is 18.5 Å². The molecule has 1 aromatic carbocycles. The maximum atomic E-state index is 5.40. The Morgan fingerprint density at radius 3 is 2.33 bits per heavy atom. The van der Waals surface area contributed by atoms with Crippen LogP contribution in [0.1, 0.15) is 12.0 Å². The first-order chi connectivity index (χ1) is 7.76. The summed E-state index contributed by atoms with van der Waals surface area (Å²) in [7, 11) is 3.35. The van der Waals surface area contributed by atoms with Crippen molar-refractivity contribution in [3.8, 4) is 11.5 Å². The van der Waals surface area contributed by atoms with Crippen LogP contribution in [0.5, 0.6) is 11.5 Å². The Kier molecular flexibility index (Phi) is 7.73. The third kappa shape index (κ3) is 3.55. The van der Waals surface area contributed by atoms with Gasteiger partial charge in [-0.2, -0.15) is 0 Å². The second kappa shape index (κ2) is 7.90. The van der Waals surface area contributed by atoms with Crippen molar-refractivity contribution in [1.29, 1.82) is 0 Å². The van der Waals surface area contributed by atoms with E-state index in [1.54, 1.807) is 14.2 Å². The van der Waals surface area contributed by atoms with Gasteiger partial charge in [0.25, 0.3) is 0 Å². The zero-order valence-corrected chi connectivity index (χ0v) is 13.4. The molecule has 0 aliphatic heterocycles. The SMILES string of the molecule is COc1ccc(C2=[C]([Ti])CC=C2)c(OC)c1.Cl.Cl. The minimum Gasteiger partial charge on any atom is -0.147 e. The van der Waals surface area contributed by atoms with E-state index in [1.165, 1.54) is 9.45 Å². The number of hydrogen-bond donors (Lipinski definition) is 0. The third-order valence-corrected chi connectivity index (χ3v) is 3.37. The van der Waals surface area contributed by atoms with E-state index in [-0.39, 0.29) is 24.8 Å². The standard InChI is InChI=1S/C13H13O2.2ClH.Ti/c1-14-11-7-8-12(13(9-11)15-2)10-5-3-4-6-10;;;/h3,5,7-9H,4H2,1-2H3;2*1H;. The first-order valence-corrected chi connectivity index (χ1v) is 5.88. The number of methoxy groups -OCH3 is 2. The van der Waals surface area contributed by atoms with Gasteiger partial charge >= 0.3 is 107 Å². The van der Waals surface area contributed by atoms with E-state index in [1.807, 2.05) is 18.2 Å². The molecule has 18 heavy (non-hydrogen) atoms. The van der Waals surface area contributed by atoms with Crippen molar-refractivity contribution in [1.82, 2.24) is 0 Å². The molecule has 0 bridgehead atoms. The molecule has 2 rings (SSSR count). The maximum absolute atomic E-state index is 5.40. The predicted molar refractivity (Wildman–Crippen MR) is 74.7 cm³/mol. The minimum atomic E-state index is 0. The molecule has 5 heteroatoms. The van der Waals surface area contributed by atoms with E-state index in [4.69, 9.17) is 9.47 Å². The van der Waals surface area contributed by atoms with Crippen LogP contribution in [0.25, 0.3) is 5.57 Å². The summed E-state index contributed by atoms with van der Waals surface area (Å²) in [5, 5.41) is 0. The fourth-order valence-corrected chi connectivity index (χ4v) is 2.30. The summed E-state index contributed by atoms with van der Waals surface area (Å²) < 4.78 is 12.0. The van der Waals surface area contributed by atoms with Gasteiger partial charge in [0.2, 0.25) is 0 Å². The normalized spacial score (nSPS) is 12.7. The Morgan fingerprint density at radius 1 is 1.11 bits per heavy atom. The molecule has 1 aromatic rings. The molecule has 1 aliphatic carbocycles. The minimum absolute atomic E-state index is 0. The summed E-state index contributed by atoms with van der Waals surface area (Å²) >= 11 is 2.15. The molecule has 0 amide bonds. The maximum Gasteiger partial charge on any atom is -0.147 e. The molecule has 0 N–H and O–H groups in total. The molecule has 0 radical (unpaired) electrons. The van der Waals surface area contributed by atoms with Gasteiger partial charge in [-0.15, -0.1) is 24.8 Å². The largest absolute Gasteiger partial charge is 0.147 e. The van der Waals surface area contributed by atoms with Gasteiger partial charge in [-0.05, 0) is 0 Å². The first-order valence-electron chi connectivity index (χ1n) is 5.10. The zero-order valence-electron chi connectivity index (χ0n) is 10.2. The second-order valence-corrected chi connectivity index (χ2v) is 4.51. The Morgan fingerprint density at radius 2 is 1.83 bits per heavy atom. The van der Waals surface area contributed by atoms with Crippen molar-refractivity contribution in [2.75, 3.05) is 14.2 Å². The van der Waals surface area contributed by atoms with Gasteiger partial charge in [0, 0.05) is 0 Å². The molecule has 2 nitrogen and oxygen atoms in total. The fourth-order valence-electron chi connectivity index (χ4n) is 1.78. The second-order valence-electron chi connectivity index (χ2n) is 3.56. The van der Waals surface area contributed by atoms with Crippen LogP contribution in [0.15, 0.2) is 34.2 Å². The van der Waals surface area contributed by atoms with Crippen LogP contribution in [0.3, 0.4) is 0 Å². The van der Waals surface area contributed by atoms with E-state index in [9.17, 15) is 0 Å². The molecular formula is C13H15Cl2O2Ti. The van der Waals surface area contributed by atoms with Crippen molar-refractivity contribution in [3.63, 3.8) is 0 Å². The van der Waals surface area contributed by atoms with Crippen LogP contribution in [0.4, 0.5) is 0 Å². The van der Waals surface area contributed by atoms with Crippen LogP contribution >= 0.6 is 24.8 Å². The third-order valence-electron chi connectivity index (χ3n) is 2.63. The molecule has 0 atom stereocenters. The van der Waals surface area contributed by atoms with Gasteiger partial charge < -0.3 is 0 Å². The van der Waals surface area contributed by atoms with Crippen molar-refractivity contribution < 1.29 is 29.9 Å². The average molecular weight is 322 g/mol. The number of allylic oxidation sites excluding steroid dienone is 4. The number of benzene rings is 1. The Hall–Kier alpha value is -0.406. The monoisotopic (exact) mass is 321 g/mol. The molecule has 1 aliphatic rings. The summed E-state index contributed by atoms with van der Waals surface area (Å²) in [6.07, 6.45) is 5.36. The Balaban J connectivity index is 0.00000144. The predicted octanol–water partition coefficient (Wildman–Crippen LogP) is 3.77. The summed E-state index contributed by atoms with van der Waals surface area (Å²) in [4.78, 5) is 0. The van der Waals surface area contributed by atoms with Crippen LogP contribution in [-0.4, -0.2) is 14.2 Å². The molecule has 97 valence electrons. The molecular weight excluding hydrogens is 307 g/mol. The van der Waals surface area contributed by atoms with Crippen molar-refractivity contribution in [2.45, 2.75) is 6.42 Å². The molecule has 0 fully saturated rings. The number of halogens is 2. The van der Waals surface area contributed by atoms with Crippen LogP contribution in [0, 0.1) is 0 Å². The summed E-state index contributed by atoms with van der Waals surface area (Å²) in [6, 6.07) is 5.93. The molecule has 0 heterocycles. The first kappa shape index (κ1) is 17.6. The van der Waals surface area contributed by atoms with E-state index >= 15 is 0 Å². The molecule has 0 saturated carbocycles. The van der Waals surface area contributed by atoms with E-state index in [2.05, 4.69) is 32.6 Å². The van der Waals surface area contributed by atoms with Gasteiger partial charge in [0.05, 0.1) is 0 Å². The molecule has 0 spiro atoms. The van der Waals surface area contributed by atoms with Crippen molar-refractivity contribution >= 4 is 30.4 Å². The summed E-state index contributed by atoms with van der Waals surface area (Å²) in [6.45, 7) is 0. The van der Waals surface area contributed by atoms with Crippen molar-refractivity contribution in [2.24, 2.45) is 0 Å². The number of ether oxygens (including phenoxy) is 2. The number of hydrogen-bond acceptors (Lipinski definition) is 2. The quantitative estimate of drug-likeness (QED) is 0.789. The van der Waals surface area contributed by atoms with Crippen LogP contribution < -0.4 is 9.47 Å². The zero-order chi connectivity index (χ0) is 11.5. The Labute approximate surface area is 132 Å². The van der Waals surface area contributed by atoms with Crippen LogP contribution in [-0.2, 0) is 20.4 Å². The molecule has 0 unspecified atom stereocenters. The van der Waals surface area contributed by atoms with Crippen molar-refractivity contribution in [3.05, 3.63) is 39.8 Å². The number of rotatable bonds is 3. The van der Waals surface area contributed by atoms with Crippen LogP contribution in [0.2, 0.25) is 0 Å².